The average molecular weight is 494 g/mol. The van der Waals surface area contributed by atoms with Crippen LogP contribution in [0.1, 0.15) is 24.3 Å². The van der Waals surface area contributed by atoms with E-state index in [1.54, 1.807) is 24.0 Å². The third-order valence-corrected chi connectivity index (χ3v) is 6.47. The maximum atomic E-state index is 15.5. The van der Waals surface area contributed by atoms with Gasteiger partial charge in [-0.25, -0.2) is 13.8 Å². The molecule has 11 nitrogen and oxygen atoms in total. The SMILES string of the molecule is [2H][C@@]1(n2cc(Cl)c(=O)[nH]c2=O)O[C@](F)(COP2(=O)OCc3cc(C)cc(C)c3O2)[C@@H](O)[C@H]1O. The van der Waals surface area contributed by atoms with Gasteiger partial charge in [-0.05, 0) is 19.4 Å². The number of halogens is 2. The predicted octanol–water partition coefficient (Wildman–Crippen LogP) is 1.46. The van der Waals surface area contributed by atoms with E-state index in [9.17, 15) is 24.4 Å². The molecule has 1 unspecified atom stereocenters. The van der Waals surface area contributed by atoms with Crippen molar-refractivity contribution in [2.45, 2.75) is 44.7 Å². The Morgan fingerprint density at radius 2 is 2.16 bits per heavy atom. The summed E-state index contributed by atoms with van der Waals surface area (Å²) in [4.78, 5) is 25.3. The van der Waals surface area contributed by atoms with Crippen LogP contribution in [-0.2, 0) is 25.0 Å². The van der Waals surface area contributed by atoms with Gasteiger partial charge in [-0.15, -0.1) is 0 Å². The summed E-state index contributed by atoms with van der Waals surface area (Å²) in [7, 11) is -4.38. The number of ether oxygens (including phenoxy) is 1. The fourth-order valence-corrected chi connectivity index (χ4v) is 4.82. The number of nitrogens with zero attached hydrogens (tertiary/aromatic N) is 1. The maximum absolute atomic E-state index is 15.5. The molecule has 14 heteroatoms. The van der Waals surface area contributed by atoms with Gasteiger partial charge in [-0.3, -0.25) is 23.4 Å². The molecule has 2 aliphatic rings. The Kier molecular flexibility index (Phi) is 5.49. The highest BCUT2D eigenvalue weighted by atomic mass is 35.5. The minimum absolute atomic E-state index is 0.159. The predicted molar refractivity (Wildman–Crippen MR) is 107 cm³/mol. The molecule has 1 aromatic heterocycles. The number of aliphatic hydroxyl groups is 2. The summed E-state index contributed by atoms with van der Waals surface area (Å²) in [5, 5.41) is 20.0. The summed E-state index contributed by atoms with van der Waals surface area (Å²) in [5.74, 6) is -3.09. The second-order valence-corrected chi connectivity index (χ2v) is 9.38. The fraction of sp³-hybridized carbons (Fsp3) is 0.444. The van der Waals surface area contributed by atoms with Crippen LogP contribution in [0.3, 0.4) is 0 Å². The van der Waals surface area contributed by atoms with Gasteiger partial charge >= 0.3 is 13.5 Å². The number of benzene rings is 1. The fourth-order valence-electron chi connectivity index (χ4n) is 3.38. The largest absolute Gasteiger partial charge is 0.530 e. The first kappa shape index (κ1) is 21.8. The zero-order valence-electron chi connectivity index (χ0n) is 17.7. The second kappa shape index (κ2) is 8.07. The van der Waals surface area contributed by atoms with Gasteiger partial charge in [0.05, 0.1) is 7.98 Å². The lowest BCUT2D eigenvalue weighted by atomic mass is 10.1. The molecule has 174 valence electrons. The van der Waals surface area contributed by atoms with Crippen molar-refractivity contribution >= 4 is 19.4 Å². The number of aliphatic hydroxyl groups excluding tert-OH is 2. The molecule has 0 aliphatic carbocycles. The van der Waals surface area contributed by atoms with Crippen LogP contribution >= 0.6 is 19.4 Å². The standard InChI is InChI=1S/C18H19ClFN2O9P/c1-8-3-9(2)13-10(4-8)6-28-32(27,31-13)29-7-18(20)14(24)12(23)16(30-18)22-5-11(19)15(25)21-17(22)26/h3-5,12,14,16,23-24H,6-7H2,1-2H3,(H,21,25,26)/t12-,14+,16-,18-,32?/m1/s1/i16D. The van der Waals surface area contributed by atoms with Crippen molar-refractivity contribution in [2.75, 3.05) is 6.61 Å². The monoisotopic (exact) mass is 493 g/mol. The molecule has 0 amide bonds. The van der Waals surface area contributed by atoms with Crippen LogP contribution < -0.4 is 15.8 Å². The molecular formula is C18H19ClFN2O9P. The average Bonchev–Trinajstić information content (AvgIpc) is 2.91. The van der Waals surface area contributed by atoms with Gasteiger partial charge in [0.25, 0.3) is 11.4 Å². The van der Waals surface area contributed by atoms with E-state index in [4.69, 9.17) is 31.3 Å². The first-order chi connectivity index (χ1) is 15.3. The van der Waals surface area contributed by atoms with Crippen LogP contribution in [0.2, 0.25) is 5.02 Å². The summed E-state index contributed by atoms with van der Waals surface area (Å²) in [6.07, 6.45) is -7.08. The first-order valence-electron chi connectivity index (χ1n) is 9.74. The molecule has 3 heterocycles. The van der Waals surface area contributed by atoms with Crippen LogP contribution in [0.5, 0.6) is 5.75 Å². The number of phosphoric acid groups is 1. The molecule has 1 aromatic carbocycles. The van der Waals surface area contributed by atoms with Crippen molar-refractivity contribution in [2.24, 2.45) is 0 Å². The highest BCUT2D eigenvalue weighted by molar-refractivity contribution is 7.49. The van der Waals surface area contributed by atoms with Crippen LogP contribution in [0.4, 0.5) is 4.39 Å². The third kappa shape index (κ3) is 4.03. The highest BCUT2D eigenvalue weighted by Gasteiger charge is 2.57. The van der Waals surface area contributed by atoms with E-state index in [-0.39, 0.29) is 12.4 Å². The molecule has 0 radical (unpaired) electrons. The quantitative estimate of drug-likeness (QED) is 0.538. The summed E-state index contributed by atoms with van der Waals surface area (Å²) in [5.41, 5.74) is -0.0896. The number of hydrogen-bond acceptors (Lipinski definition) is 9. The van der Waals surface area contributed by atoms with E-state index in [1.165, 1.54) is 0 Å². The zero-order chi connectivity index (χ0) is 24.3. The number of H-pyrrole nitrogens is 1. The smallest absolute Gasteiger partial charge is 0.403 e. The second-order valence-electron chi connectivity index (χ2n) is 7.38. The Balaban J connectivity index is 1.58. The molecule has 5 atom stereocenters. The minimum atomic E-state index is -4.38. The summed E-state index contributed by atoms with van der Waals surface area (Å²) in [6.45, 7) is 2.10. The number of alkyl halides is 1. The van der Waals surface area contributed by atoms with E-state index in [2.05, 4.69) is 0 Å². The van der Waals surface area contributed by atoms with E-state index in [0.29, 0.717) is 21.9 Å². The van der Waals surface area contributed by atoms with Gasteiger partial charge in [-0.2, -0.15) is 0 Å². The van der Waals surface area contributed by atoms with E-state index in [0.717, 1.165) is 5.56 Å². The van der Waals surface area contributed by atoms with Gasteiger partial charge < -0.3 is 19.5 Å². The van der Waals surface area contributed by atoms with E-state index < -0.39 is 55.0 Å². The number of phosphoric ester groups is 1. The first-order valence-corrected chi connectivity index (χ1v) is 11.1. The van der Waals surface area contributed by atoms with Crippen LogP contribution in [0.15, 0.2) is 27.9 Å². The Morgan fingerprint density at radius 1 is 1.44 bits per heavy atom. The van der Waals surface area contributed by atoms with Crippen molar-refractivity contribution in [1.82, 2.24) is 9.55 Å². The molecule has 0 spiro atoms. The minimum Gasteiger partial charge on any atom is -0.403 e. The lowest BCUT2D eigenvalue weighted by Gasteiger charge is -2.29. The van der Waals surface area contributed by atoms with E-state index in [1.807, 2.05) is 6.92 Å². The Hall–Kier alpha value is -2.05. The number of hydrogen-bond donors (Lipinski definition) is 3. The maximum Gasteiger partial charge on any atom is 0.530 e. The number of nitrogens with one attached hydrogen (secondary N) is 1. The number of aromatic amines is 1. The Bertz CT molecular complexity index is 1290. The lowest BCUT2D eigenvalue weighted by Crippen LogP contribution is -2.43. The molecular weight excluding hydrogens is 474 g/mol. The lowest BCUT2D eigenvalue weighted by molar-refractivity contribution is -0.205. The topological polar surface area (TPSA) is 149 Å². The van der Waals surface area contributed by atoms with Crippen LogP contribution in [-0.4, -0.2) is 44.4 Å². The Morgan fingerprint density at radius 3 is 2.88 bits per heavy atom. The molecule has 0 bridgehead atoms. The van der Waals surface area contributed by atoms with Crippen molar-refractivity contribution < 1.29 is 38.8 Å². The third-order valence-electron chi connectivity index (χ3n) is 4.90. The van der Waals surface area contributed by atoms with Crippen molar-refractivity contribution in [3.8, 4) is 5.75 Å². The molecule has 4 rings (SSSR count). The van der Waals surface area contributed by atoms with Crippen LogP contribution in [0.25, 0.3) is 0 Å². The van der Waals surface area contributed by atoms with Gasteiger partial charge in [-0.1, -0.05) is 29.3 Å². The van der Waals surface area contributed by atoms with E-state index >= 15 is 4.39 Å². The molecule has 0 saturated carbocycles. The summed E-state index contributed by atoms with van der Waals surface area (Å²) < 4.78 is 57.3. The van der Waals surface area contributed by atoms with Crippen molar-refractivity contribution in [1.29, 1.82) is 0 Å². The number of aromatic nitrogens is 2. The zero-order valence-corrected chi connectivity index (χ0v) is 18.4. The number of rotatable bonds is 4. The molecule has 2 aromatic rings. The molecule has 2 aliphatic heterocycles. The Labute approximate surface area is 186 Å². The van der Waals surface area contributed by atoms with Crippen LogP contribution in [0, 0.1) is 13.8 Å². The van der Waals surface area contributed by atoms with Gasteiger partial charge in [0, 0.05) is 11.8 Å². The van der Waals surface area contributed by atoms with Crippen molar-refractivity contribution in [3.05, 3.63) is 60.9 Å². The summed E-state index contributed by atoms with van der Waals surface area (Å²) >= 11 is 5.65. The van der Waals surface area contributed by atoms with Gasteiger partial charge in [0.1, 0.15) is 29.6 Å². The number of fused-ring (bicyclic) bond motifs is 1. The molecule has 3 N–H and O–H groups in total. The van der Waals surface area contributed by atoms with Crippen molar-refractivity contribution in [3.63, 3.8) is 0 Å². The summed E-state index contributed by atoms with van der Waals surface area (Å²) in [6, 6.07) is 3.52. The highest BCUT2D eigenvalue weighted by Crippen LogP contribution is 2.56. The molecule has 1 saturated heterocycles. The molecule has 1 fully saturated rings. The molecule has 32 heavy (non-hydrogen) atoms. The van der Waals surface area contributed by atoms with Gasteiger partial charge in [0.15, 0.2) is 6.20 Å². The van der Waals surface area contributed by atoms with Gasteiger partial charge in [0.2, 0.25) is 0 Å². The number of aryl methyl sites for hydroxylation is 2. The normalized spacial score (nSPS) is 34.6.